The normalized spacial score (nSPS) is 22.9. The second kappa shape index (κ2) is 4.82. The van der Waals surface area contributed by atoms with Crippen LogP contribution in [0.5, 0.6) is 0 Å². The van der Waals surface area contributed by atoms with E-state index in [1.807, 2.05) is 6.92 Å². The summed E-state index contributed by atoms with van der Waals surface area (Å²) in [4.78, 5) is 0. The number of hydrogen-bond donors (Lipinski definition) is 1. The summed E-state index contributed by atoms with van der Waals surface area (Å²) in [6.07, 6.45) is 1.82. The number of nitrogen functional groups attached to an aromatic ring is 1. The summed E-state index contributed by atoms with van der Waals surface area (Å²) in [6, 6.07) is 4.51. The summed E-state index contributed by atoms with van der Waals surface area (Å²) >= 11 is 0. The zero-order valence-corrected chi connectivity index (χ0v) is 11.2. The van der Waals surface area contributed by atoms with Crippen molar-refractivity contribution in [3.63, 3.8) is 0 Å². The van der Waals surface area contributed by atoms with E-state index in [2.05, 4.69) is 15.5 Å². The van der Waals surface area contributed by atoms with Gasteiger partial charge in [-0.2, -0.15) is 0 Å². The van der Waals surface area contributed by atoms with E-state index >= 15 is 0 Å². The molecule has 20 heavy (non-hydrogen) atoms. The summed E-state index contributed by atoms with van der Waals surface area (Å²) < 4.78 is 21.2. The molecule has 6 nitrogen and oxygen atoms in total. The molecule has 2 heterocycles. The molecule has 0 amide bonds. The van der Waals surface area contributed by atoms with Gasteiger partial charge >= 0.3 is 0 Å². The van der Waals surface area contributed by atoms with Gasteiger partial charge in [0.05, 0.1) is 17.7 Å². The van der Waals surface area contributed by atoms with Crippen molar-refractivity contribution in [3.05, 3.63) is 24.0 Å². The van der Waals surface area contributed by atoms with E-state index in [1.54, 1.807) is 16.8 Å². The summed E-state index contributed by atoms with van der Waals surface area (Å²) in [7, 11) is 0. The van der Waals surface area contributed by atoms with Gasteiger partial charge in [0.25, 0.3) is 0 Å². The molecule has 1 aromatic carbocycles. The number of nitrogens with zero attached hydrogens (tertiary/aromatic N) is 4. The van der Waals surface area contributed by atoms with Gasteiger partial charge in [0.15, 0.2) is 5.82 Å². The van der Waals surface area contributed by atoms with Gasteiger partial charge in [-0.05, 0) is 48.4 Å². The summed E-state index contributed by atoms with van der Waals surface area (Å²) in [6.45, 7) is 3.27. The number of anilines is 1. The first kappa shape index (κ1) is 13.0. The third-order valence-corrected chi connectivity index (χ3v) is 3.63. The van der Waals surface area contributed by atoms with E-state index in [9.17, 15) is 4.39 Å². The van der Waals surface area contributed by atoms with Crippen LogP contribution in [-0.4, -0.2) is 33.4 Å². The van der Waals surface area contributed by atoms with E-state index in [0.29, 0.717) is 23.7 Å². The number of hydrogen-bond acceptors (Lipinski definition) is 5. The summed E-state index contributed by atoms with van der Waals surface area (Å²) in [5.41, 5.74) is 5.93. The Morgan fingerprint density at radius 1 is 1.45 bits per heavy atom. The lowest BCUT2D eigenvalue weighted by Gasteiger charge is -2.33. The van der Waals surface area contributed by atoms with Crippen molar-refractivity contribution in [2.75, 3.05) is 18.9 Å². The summed E-state index contributed by atoms with van der Waals surface area (Å²) in [5, 5.41) is 11.7. The first-order chi connectivity index (χ1) is 9.60. The second-order valence-electron chi connectivity index (χ2n) is 5.31. The van der Waals surface area contributed by atoms with Crippen LogP contribution in [0.4, 0.5) is 10.1 Å². The number of benzene rings is 1. The average molecular weight is 277 g/mol. The van der Waals surface area contributed by atoms with Crippen molar-refractivity contribution in [1.29, 1.82) is 0 Å². The minimum absolute atomic E-state index is 0.344. The standard InChI is InChI=1S/C13H16FN5O/c1-13(5-2-6-20-8-13)19-12(16-17-18-19)10-4-3-9(15)7-11(10)14/h3-4,7H,2,5-6,8,15H2,1H3. The Balaban J connectivity index is 2.05. The molecule has 1 atom stereocenters. The van der Waals surface area contributed by atoms with Gasteiger partial charge in [0, 0.05) is 12.3 Å². The van der Waals surface area contributed by atoms with Gasteiger partial charge < -0.3 is 10.5 Å². The molecule has 0 saturated carbocycles. The highest BCUT2D eigenvalue weighted by atomic mass is 19.1. The quantitative estimate of drug-likeness (QED) is 0.843. The predicted octanol–water partition coefficient (Wildman–Crippen LogP) is 1.59. The first-order valence-electron chi connectivity index (χ1n) is 6.52. The van der Waals surface area contributed by atoms with Gasteiger partial charge in [0.2, 0.25) is 0 Å². The van der Waals surface area contributed by atoms with Crippen LogP contribution in [0.15, 0.2) is 18.2 Å². The Morgan fingerprint density at radius 2 is 2.30 bits per heavy atom. The fraction of sp³-hybridized carbons (Fsp3) is 0.462. The van der Waals surface area contributed by atoms with E-state index in [0.717, 1.165) is 19.4 Å². The highest BCUT2D eigenvalue weighted by molar-refractivity contribution is 5.59. The Bertz CT molecular complexity index is 621. The molecule has 1 aromatic heterocycles. The van der Waals surface area contributed by atoms with Gasteiger partial charge in [-0.25, -0.2) is 9.07 Å². The van der Waals surface area contributed by atoms with Crippen molar-refractivity contribution in [3.8, 4) is 11.4 Å². The van der Waals surface area contributed by atoms with Crippen LogP contribution in [0.1, 0.15) is 19.8 Å². The third-order valence-electron chi connectivity index (χ3n) is 3.63. The molecule has 1 aliphatic rings. The van der Waals surface area contributed by atoms with Crippen LogP contribution in [0.3, 0.4) is 0 Å². The maximum Gasteiger partial charge on any atom is 0.185 e. The lowest BCUT2D eigenvalue weighted by atomic mass is 9.94. The van der Waals surface area contributed by atoms with Gasteiger partial charge in [-0.15, -0.1) is 5.10 Å². The molecule has 1 unspecified atom stereocenters. The van der Waals surface area contributed by atoms with Crippen LogP contribution in [0.25, 0.3) is 11.4 Å². The zero-order chi connectivity index (χ0) is 14.2. The predicted molar refractivity (Wildman–Crippen MR) is 71.3 cm³/mol. The molecule has 0 spiro atoms. The monoisotopic (exact) mass is 277 g/mol. The minimum Gasteiger partial charge on any atom is -0.399 e. The van der Waals surface area contributed by atoms with Crippen LogP contribution in [-0.2, 0) is 10.3 Å². The Hall–Kier alpha value is -2.02. The molecular weight excluding hydrogens is 261 g/mol. The topological polar surface area (TPSA) is 78.9 Å². The maximum absolute atomic E-state index is 14.1. The lowest BCUT2D eigenvalue weighted by molar-refractivity contribution is 0.00345. The SMILES string of the molecule is CC1(n2nnnc2-c2ccc(N)cc2F)CCCOC1. The average Bonchev–Trinajstić information content (AvgIpc) is 2.89. The number of aromatic nitrogens is 4. The van der Waals surface area contributed by atoms with E-state index in [4.69, 9.17) is 10.5 Å². The van der Waals surface area contributed by atoms with Crippen molar-refractivity contribution < 1.29 is 9.13 Å². The Labute approximate surface area is 115 Å². The van der Waals surface area contributed by atoms with Crippen molar-refractivity contribution in [1.82, 2.24) is 20.2 Å². The Morgan fingerprint density at radius 3 is 3.00 bits per heavy atom. The fourth-order valence-electron chi connectivity index (χ4n) is 2.52. The van der Waals surface area contributed by atoms with E-state index in [-0.39, 0.29) is 5.54 Å². The fourth-order valence-corrected chi connectivity index (χ4v) is 2.52. The van der Waals surface area contributed by atoms with Crippen LogP contribution >= 0.6 is 0 Å². The van der Waals surface area contributed by atoms with Crippen LogP contribution in [0.2, 0.25) is 0 Å². The molecule has 1 fully saturated rings. The highest BCUT2D eigenvalue weighted by Gasteiger charge is 2.34. The van der Waals surface area contributed by atoms with Crippen molar-refractivity contribution in [2.45, 2.75) is 25.3 Å². The number of ether oxygens (including phenoxy) is 1. The molecule has 106 valence electrons. The molecule has 3 rings (SSSR count). The van der Waals surface area contributed by atoms with Crippen molar-refractivity contribution >= 4 is 5.69 Å². The first-order valence-corrected chi connectivity index (χ1v) is 6.52. The minimum atomic E-state index is -0.429. The molecule has 0 bridgehead atoms. The third kappa shape index (κ3) is 2.14. The number of rotatable bonds is 2. The molecule has 1 saturated heterocycles. The van der Waals surface area contributed by atoms with Crippen LogP contribution in [0, 0.1) is 5.82 Å². The zero-order valence-electron chi connectivity index (χ0n) is 11.2. The molecule has 2 aromatic rings. The largest absolute Gasteiger partial charge is 0.399 e. The van der Waals surface area contributed by atoms with Crippen molar-refractivity contribution in [2.24, 2.45) is 0 Å². The maximum atomic E-state index is 14.1. The molecular formula is C13H16FN5O. The van der Waals surface area contributed by atoms with Gasteiger partial charge in [0.1, 0.15) is 5.82 Å². The number of nitrogens with two attached hydrogens (primary N) is 1. The molecule has 0 radical (unpaired) electrons. The smallest absolute Gasteiger partial charge is 0.185 e. The van der Waals surface area contributed by atoms with Gasteiger partial charge in [-0.3, -0.25) is 0 Å². The number of tetrazole rings is 1. The Kier molecular flexibility index (Phi) is 3.13. The number of halogens is 1. The molecule has 7 heteroatoms. The second-order valence-corrected chi connectivity index (χ2v) is 5.31. The molecule has 0 aliphatic carbocycles. The van der Waals surface area contributed by atoms with E-state index in [1.165, 1.54) is 6.07 Å². The molecule has 1 aliphatic heterocycles. The summed E-state index contributed by atoms with van der Waals surface area (Å²) in [5.74, 6) is -0.0307. The molecule has 2 N–H and O–H groups in total. The van der Waals surface area contributed by atoms with Gasteiger partial charge in [-0.1, -0.05) is 0 Å². The highest BCUT2D eigenvalue weighted by Crippen LogP contribution is 2.31. The van der Waals surface area contributed by atoms with E-state index < -0.39 is 5.82 Å². The van der Waals surface area contributed by atoms with Crippen LogP contribution < -0.4 is 5.73 Å². The lowest BCUT2D eigenvalue weighted by Crippen LogP contribution is -2.40.